The summed E-state index contributed by atoms with van der Waals surface area (Å²) in [5.74, 6) is 0. The van der Waals surface area contributed by atoms with E-state index in [1.54, 1.807) is 0 Å². The molecule has 0 aromatic heterocycles. The summed E-state index contributed by atoms with van der Waals surface area (Å²) >= 11 is -4.55. The molecule has 4 rings (SSSR count). The number of hydrogen-bond donors (Lipinski definition) is 0. The van der Waals surface area contributed by atoms with Crippen LogP contribution in [0.15, 0.2) is 59.7 Å². The molecule has 2 aromatic rings. The van der Waals surface area contributed by atoms with Crippen molar-refractivity contribution in [2.24, 2.45) is 10.8 Å². The molecule has 2 aliphatic rings. The Hall–Kier alpha value is -0.413. The molecule has 30 heavy (non-hydrogen) atoms. The van der Waals surface area contributed by atoms with E-state index in [9.17, 15) is 0 Å². The van der Waals surface area contributed by atoms with E-state index in [0.717, 1.165) is 7.43 Å². The van der Waals surface area contributed by atoms with Crippen LogP contribution in [-0.4, -0.2) is 7.43 Å². The minimum absolute atomic E-state index is 0.0269. The maximum absolute atomic E-state index is 8.03. The van der Waals surface area contributed by atoms with Gasteiger partial charge < -0.3 is 0 Å². The third-order valence-electron chi connectivity index (χ3n) is 6.94. The molecule has 2 aliphatic carbocycles. The van der Waals surface area contributed by atoms with Crippen LogP contribution in [0.5, 0.6) is 0 Å². The van der Waals surface area contributed by atoms with Crippen LogP contribution in [0.1, 0.15) is 71.1 Å². The van der Waals surface area contributed by atoms with Crippen molar-refractivity contribution in [3.8, 4) is 0 Å². The van der Waals surface area contributed by atoms with Crippen molar-refractivity contribution < 1.29 is 15.3 Å². The van der Waals surface area contributed by atoms with Gasteiger partial charge in [-0.15, -0.1) is 0 Å². The van der Waals surface area contributed by atoms with Gasteiger partial charge in [-0.1, -0.05) is 0 Å². The number of fused-ring (bicyclic) bond motifs is 2. The van der Waals surface area contributed by atoms with Crippen molar-refractivity contribution in [2.75, 3.05) is 0 Å². The van der Waals surface area contributed by atoms with E-state index in [2.05, 4.69) is 102 Å². The predicted octanol–water partition coefficient (Wildman–Crippen LogP) is 7.63. The van der Waals surface area contributed by atoms with Gasteiger partial charge in [-0.05, 0) is 0 Å². The molecule has 2 atom stereocenters. The Morgan fingerprint density at radius 2 is 1.00 bits per heavy atom. The van der Waals surface area contributed by atoms with E-state index in [4.69, 9.17) is 17.2 Å². The molecule has 0 saturated carbocycles. The first-order valence-corrected chi connectivity index (χ1v) is 35.7. The summed E-state index contributed by atoms with van der Waals surface area (Å²) in [7, 11) is 16.9. The van der Waals surface area contributed by atoms with E-state index in [-0.39, 0.29) is 18.2 Å². The minimum atomic E-state index is -4.55. The number of benzene rings is 2. The zero-order chi connectivity index (χ0) is 22.1. The number of allylic oxidation sites excluding steroid dienone is 2. The number of halogens is 2. The second-order valence-corrected chi connectivity index (χ2v) is 73.3. The van der Waals surface area contributed by atoms with Gasteiger partial charge in [-0.25, -0.2) is 0 Å². The fourth-order valence-corrected chi connectivity index (χ4v) is 40.7. The van der Waals surface area contributed by atoms with Gasteiger partial charge in [0.15, 0.2) is 0 Å². The molecule has 0 bridgehead atoms. The summed E-state index contributed by atoms with van der Waals surface area (Å²) in [6.45, 7) is 13.9. The average molecular weight is 623 g/mol. The quantitative estimate of drug-likeness (QED) is 0.302. The molecule has 0 aliphatic heterocycles. The van der Waals surface area contributed by atoms with Crippen LogP contribution in [0.2, 0.25) is 0 Å². The van der Waals surface area contributed by atoms with E-state index in [1.807, 2.05) is 0 Å². The molecule has 0 heterocycles. The standard InChI is InChI=1S/2C13H15.2ClH.Hf.H3Si/c2*1-13(2,3)12-8-10-6-4-5-7-11(10)9-12;;;;/h2*4-9H,1-3H3;2*1H;;1H3/q;;;;+2;/p-2. The second-order valence-electron chi connectivity index (χ2n) is 11.5. The van der Waals surface area contributed by atoms with Gasteiger partial charge in [0.2, 0.25) is 0 Å². The number of rotatable bonds is 2. The monoisotopic (exact) mass is 623 g/mol. The number of hydrogen-bond acceptors (Lipinski definition) is 0. The van der Waals surface area contributed by atoms with E-state index >= 15 is 0 Å². The van der Waals surface area contributed by atoms with Crippen LogP contribution < -0.4 is 0 Å². The van der Waals surface area contributed by atoms with Crippen molar-refractivity contribution in [1.29, 1.82) is 0 Å². The van der Waals surface area contributed by atoms with Crippen LogP contribution >= 0.6 is 17.2 Å². The zero-order valence-electron chi connectivity index (χ0n) is 19.2. The molecule has 2 aromatic carbocycles. The Morgan fingerprint density at radius 3 is 1.33 bits per heavy atom. The van der Waals surface area contributed by atoms with Crippen LogP contribution in [0.25, 0.3) is 12.2 Å². The molecular weight excluding hydrogens is 590 g/mol. The Bertz CT molecular complexity index is 991. The normalized spacial score (nSPS) is 22.7. The molecular formula is C26H33Cl2HfSi. The predicted molar refractivity (Wildman–Crippen MR) is 135 cm³/mol. The molecule has 0 nitrogen and oxygen atoms in total. The zero-order valence-corrected chi connectivity index (χ0v) is 26.3. The Balaban J connectivity index is 1.99. The Kier molecular flexibility index (Phi) is 5.34. The SMILES string of the molecule is CC(C)(C)C1=Cc2ccccc2[CH]1[Hf]([SiH3])([Cl])([Cl])[CH]1C(C(C)(C)C)=Cc2ccccc21. The van der Waals surface area contributed by atoms with Gasteiger partial charge in [-0.2, -0.15) is 0 Å². The van der Waals surface area contributed by atoms with Crippen molar-refractivity contribution >= 4 is 36.7 Å². The van der Waals surface area contributed by atoms with E-state index in [1.165, 1.54) is 33.4 Å². The van der Waals surface area contributed by atoms with Crippen molar-refractivity contribution in [3.05, 3.63) is 81.9 Å². The van der Waals surface area contributed by atoms with Gasteiger partial charge >= 0.3 is 194 Å². The molecule has 0 saturated heterocycles. The summed E-state index contributed by atoms with van der Waals surface area (Å²) in [4.78, 5) is 0. The third-order valence-corrected chi connectivity index (χ3v) is 37.7. The summed E-state index contributed by atoms with van der Waals surface area (Å²) in [6, 6.07) is 17.6. The van der Waals surface area contributed by atoms with Gasteiger partial charge in [0.05, 0.1) is 0 Å². The maximum atomic E-state index is 8.03. The van der Waals surface area contributed by atoms with Crippen molar-refractivity contribution in [3.63, 3.8) is 0 Å². The van der Waals surface area contributed by atoms with Crippen LogP contribution in [0, 0.1) is 10.8 Å². The first kappa shape index (κ1) is 22.8. The summed E-state index contributed by atoms with van der Waals surface area (Å²) < 4.78 is 0.352. The van der Waals surface area contributed by atoms with Gasteiger partial charge in [-0.3, -0.25) is 0 Å². The molecule has 0 radical (unpaired) electrons. The van der Waals surface area contributed by atoms with Gasteiger partial charge in [0.1, 0.15) is 0 Å². The van der Waals surface area contributed by atoms with Crippen molar-refractivity contribution in [1.82, 2.24) is 0 Å². The van der Waals surface area contributed by atoms with Crippen LogP contribution in [-0.2, 0) is 15.3 Å². The molecule has 2 unspecified atom stereocenters. The molecule has 0 fully saturated rings. The molecule has 4 heteroatoms. The second kappa shape index (κ2) is 7.04. The van der Waals surface area contributed by atoms with Crippen LogP contribution in [0.3, 0.4) is 0 Å². The third kappa shape index (κ3) is 3.60. The Labute approximate surface area is 192 Å². The van der Waals surface area contributed by atoms with Gasteiger partial charge in [0, 0.05) is 0 Å². The van der Waals surface area contributed by atoms with Crippen LogP contribution in [0.4, 0.5) is 0 Å². The molecule has 0 N–H and O–H groups in total. The van der Waals surface area contributed by atoms with Crippen molar-refractivity contribution in [2.45, 2.75) is 48.9 Å². The fraction of sp³-hybridized carbons (Fsp3) is 0.385. The average Bonchev–Trinajstić information content (AvgIpc) is 3.21. The fourth-order valence-electron chi connectivity index (χ4n) is 5.56. The van der Waals surface area contributed by atoms with E-state index < -0.39 is 15.3 Å². The topological polar surface area (TPSA) is 0 Å². The van der Waals surface area contributed by atoms with E-state index in [0.29, 0.717) is 0 Å². The first-order valence-electron chi connectivity index (χ1n) is 10.9. The summed E-state index contributed by atoms with van der Waals surface area (Å²) in [5, 5.41) is 0. The molecule has 0 amide bonds. The molecule has 0 spiro atoms. The molecule has 159 valence electrons. The van der Waals surface area contributed by atoms with Gasteiger partial charge in [0.25, 0.3) is 0 Å². The summed E-state index contributed by atoms with van der Waals surface area (Å²) in [6.07, 6.45) is 4.78. The summed E-state index contributed by atoms with van der Waals surface area (Å²) in [5.41, 5.74) is 8.23. The first-order chi connectivity index (χ1) is 13.7. The Morgan fingerprint density at radius 1 is 0.667 bits per heavy atom.